The third-order valence-corrected chi connectivity index (χ3v) is 4.51. The van der Waals surface area contributed by atoms with E-state index < -0.39 is 0 Å². The number of rotatable bonds is 7. The van der Waals surface area contributed by atoms with Gasteiger partial charge in [0.15, 0.2) is 0 Å². The lowest BCUT2D eigenvalue weighted by molar-refractivity contribution is -0.134. The highest BCUT2D eigenvalue weighted by Gasteiger charge is 2.23. The van der Waals surface area contributed by atoms with Crippen LogP contribution in [-0.4, -0.2) is 36.6 Å². The van der Waals surface area contributed by atoms with Crippen LogP contribution in [0, 0.1) is 5.92 Å². The van der Waals surface area contributed by atoms with Crippen molar-refractivity contribution >= 4 is 17.2 Å². The quantitative estimate of drug-likeness (QED) is 0.839. The summed E-state index contributed by atoms with van der Waals surface area (Å²) in [6.45, 7) is 4.79. The summed E-state index contributed by atoms with van der Waals surface area (Å²) >= 11 is 1.69. The van der Waals surface area contributed by atoms with Gasteiger partial charge in [0.1, 0.15) is 0 Å². The number of carbonyl (C=O) groups is 1. The SMILES string of the molecule is CC(CN)CC(=O)N(Cc1cccs1)CC1CCCO1. The fourth-order valence-electron chi connectivity index (χ4n) is 2.39. The van der Waals surface area contributed by atoms with Crippen molar-refractivity contribution in [2.24, 2.45) is 11.7 Å². The zero-order valence-electron chi connectivity index (χ0n) is 12.1. The highest BCUT2D eigenvalue weighted by Crippen LogP contribution is 2.18. The molecule has 2 N–H and O–H groups in total. The van der Waals surface area contributed by atoms with Crippen molar-refractivity contribution in [3.63, 3.8) is 0 Å². The van der Waals surface area contributed by atoms with Crippen molar-refractivity contribution in [3.8, 4) is 0 Å². The number of nitrogens with zero attached hydrogens (tertiary/aromatic N) is 1. The van der Waals surface area contributed by atoms with E-state index in [4.69, 9.17) is 10.5 Å². The summed E-state index contributed by atoms with van der Waals surface area (Å²) in [5.41, 5.74) is 5.63. The Morgan fingerprint density at radius 3 is 3.10 bits per heavy atom. The Balaban J connectivity index is 1.96. The zero-order valence-corrected chi connectivity index (χ0v) is 12.9. The van der Waals surface area contributed by atoms with Crippen LogP contribution in [-0.2, 0) is 16.1 Å². The van der Waals surface area contributed by atoms with Crippen molar-refractivity contribution in [2.75, 3.05) is 19.7 Å². The van der Waals surface area contributed by atoms with Gasteiger partial charge in [0.05, 0.1) is 12.6 Å². The Hall–Kier alpha value is -0.910. The molecule has 1 amide bonds. The molecule has 1 aliphatic rings. The molecule has 1 saturated heterocycles. The molecule has 0 saturated carbocycles. The number of hydrogen-bond donors (Lipinski definition) is 1. The second-order valence-electron chi connectivity index (χ2n) is 5.53. The molecule has 2 heterocycles. The smallest absolute Gasteiger partial charge is 0.223 e. The Morgan fingerprint density at radius 2 is 2.50 bits per heavy atom. The summed E-state index contributed by atoms with van der Waals surface area (Å²) in [4.78, 5) is 15.6. The lowest BCUT2D eigenvalue weighted by Crippen LogP contribution is -2.38. The highest BCUT2D eigenvalue weighted by atomic mass is 32.1. The third-order valence-electron chi connectivity index (χ3n) is 3.65. The molecular weight excluding hydrogens is 272 g/mol. The summed E-state index contributed by atoms with van der Waals surface area (Å²) in [6.07, 6.45) is 2.88. The molecule has 0 radical (unpaired) electrons. The number of ether oxygens (including phenoxy) is 1. The van der Waals surface area contributed by atoms with E-state index in [1.165, 1.54) is 4.88 Å². The van der Waals surface area contributed by atoms with Crippen LogP contribution in [0.15, 0.2) is 17.5 Å². The van der Waals surface area contributed by atoms with E-state index in [1.54, 1.807) is 11.3 Å². The van der Waals surface area contributed by atoms with Crippen LogP contribution in [0.1, 0.15) is 31.1 Å². The Kier molecular flexibility index (Phi) is 6.01. The van der Waals surface area contributed by atoms with Crippen molar-refractivity contribution in [1.82, 2.24) is 4.90 Å². The molecule has 0 aromatic carbocycles. The molecule has 2 atom stereocenters. The summed E-state index contributed by atoms with van der Waals surface area (Å²) in [5, 5.41) is 2.05. The first-order valence-electron chi connectivity index (χ1n) is 7.31. The number of nitrogens with two attached hydrogens (primary N) is 1. The lowest BCUT2D eigenvalue weighted by Gasteiger charge is -2.26. The maximum atomic E-state index is 12.4. The Morgan fingerprint density at radius 1 is 1.65 bits per heavy atom. The minimum absolute atomic E-state index is 0.187. The van der Waals surface area contributed by atoms with Crippen molar-refractivity contribution in [2.45, 2.75) is 38.8 Å². The predicted molar refractivity (Wildman–Crippen MR) is 81.5 cm³/mol. The van der Waals surface area contributed by atoms with Crippen LogP contribution in [0.5, 0.6) is 0 Å². The zero-order chi connectivity index (χ0) is 14.4. The number of hydrogen-bond acceptors (Lipinski definition) is 4. The van der Waals surface area contributed by atoms with E-state index in [2.05, 4.69) is 6.07 Å². The van der Waals surface area contributed by atoms with Gasteiger partial charge in [-0.05, 0) is 36.8 Å². The molecular formula is C15H24N2O2S. The Bertz CT molecular complexity index is 402. The Labute approximate surface area is 124 Å². The first-order valence-corrected chi connectivity index (χ1v) is 8.19. The molecule has 2 rings (SSSR count). The average Bonchev–Trinajstić information content (AvgIpc) is 3.11. The van der Waals surface area contributed by atoms with Gasteiger partial charge in [0, 0.05) is 24.4 Å². The molecule has 20 heavy (non-hydrogen) atoms. The van der Waals surface area contributed by atoms with Gasteiger partial charge in [-0.15, -0.1) is 11.3 Å². The van der Waals surface area contributed by atoms with Gasteiger partial charge in [0.2, 0.25) is 5.91 Å². The summed E-state index contributed by atoms with van der Waals surface area (Å²) in [5.74, 6) is 0.421. The van der Waals surface area contributed by atoms with Crippen LogP contribution < -0.4 is 5.73 Å². The van der Waals surface area contributed by atoms with Gasteiger partial charge in [-0.3, -0.25) is 4.79 Å². The van der Waals surface area contributed by atoms with E-state index in [-0.39, 0.29) is 17.9 Å². The first kappa shape index (κ1) is 15.5. The van der Waals surface area contributed by atoms with E-state index in [0.29, 0.717) is 26.1 Å². The van der Waals surface area contributed by atoms with Gasteiger partial charge in [-0.25, -0.2) is 0 Å². The van der Waals surface area contributed by atoms with Crippen LogP contribution >= 0.6 is 11.3 Å². The molecule has 4 nitrogen and oxygen atoms in total. The second-order valence-corrected chi connectivity index (χ2v) is 6.57. The fourth-order valence-corrected chi connectivity index (χ4v) is 3.11. The van der Waals surface area contributed by atoms with Crippen molar-refractivity contribution < 1.29 is 9.53 Å². The minimum atomic E-state index is 0.187. The molecule has 112 valence electrons. The maximum absolute atomic E-state index is 12.4. The van der Waals surface area contributed by atoms with Crippen LogP contribution in [0.3, 0.4) is 0 Å². The molecule has 1 aromatic rings. The first-order chi connectivity index (χ1) is 9.69. The molecule has 1 aliphatic heterocycles. The third kappa shape index (κ3) is 4.58. The number of carbonyl (C=O) groups excluding carboxylic acids is 1. The van der Waals surface area contributed by atoms with Crippen molar-refractivity contribution in [1.29, 1.82) is 0 Å². The molecule has 1 aromatic heterocycles. The van der Waals surface area contributed by atoms with E-state index in [0.717, 1.165) is 19.4 Å². The monoisotopic (exact) mass is 296 g/mol. The summed E-state index contributed by atoms with van der Waals surface area (Å²) < 4.78 is 5.67. The van der Waals surface area contributed by atoms with Crippen LogP contribution in [0.4, 0.5) is 0 Å². The summed E-state index contributed by atoms with van der Waals surface area (Å²) in [6, 6.07) is 4.10. The largest absolute Gasteiger partial charge is 0.376 e. The number of amides is 1. The van der Waals surface area contributed by atoms with E-state index >= 15 is 0 Å². The number of thiophene rings is 1. The van der Waals surface area contributed by atoms with Gasteiger partial charge in [0.25, 0.3) is 0 Å². The van der Waals surface area contributed by atoms with E-state index in [1.807, 2.05) is 23.3 Å². The molecule has 0 aliphatic carbocycles. The average molecular weight is 296 g/mol. The fraction of sp³-hybridized carbons (Fsp3) is 0.667. The standard InChI is InChI=1S/C15H24N2O2S/c1-12(9-16)8-15(18)17(10-13-4-2-6-19-13)11-14-5-3-7-20-14/h3,5,7,12-13H,2,4,6,8-11,16H2,1H3. The van der Waals surface area contributed by atoms with Gasteiger partial charge < -0.3 is 15.4 Å². The van der Waals surface area contributed by atoms with Crippen molar-refractivity contribution in [3.05, 3.63) is 22.4 Å². The molecule has 0 spiro atoms. The molecule has 5 heteroatoms. The van der Waals surface area contributed by atoms with Crippen LogP contribution in [0.25, 0.3) is 0 Å². The molecule has 2 unspecified atom stereocenters. The second kappa shape index (κ2) is 7.76. The topological polar surface area (TPSA) is 55.6 Å². The molecule has 0 bridgehead atoms. The van der Waals surface area contributed by atoms with Gasteiger partial charge in [-0.2, -0.15) is 0 Å². The van der Waals surface area contributed by atoms with Gasteiger partial charge >= 0.3 is 0 Å². The predicted octanol–water partition coefficient (Wildman–Crippen LogP) is 2.24. The van der Waals surface area contributed by atoms with Crippen LogP contribution in [0.2, 0.25) is 0 Å². The van der Waals surface area contributed by atoms with E-state index in [9.17, 15) is 4.79 Å². The maximum Gasteiger partial charge on any atom is 0.223 e. The van der Waals surface area contributed by atoms with Gasteiger partial charge in [-0.1, -0.05) is 13.0 Å². The normalized spacial score (nSPS) is 20.0. The molecule has 1 fully saturated rings. The summed E-state index contributed by atoms with van der Waals surface area (Å²) in [7, 11) is 0. The lowest BCUT2D eigenvalue weighted by atomic mass is 10.1. The highest BCUT2D eigenvalue weighted by molar-refractivity contribution is 7.09. The minimum Gasteiger partial charge on any atom is -0.376 e.